The molecule has 1 nitrogen and oxygen atoms in total. The lowest BCUT2D eigenvalue weighted by atomic mass is 10.4. The maximum atomic E-state index is 12.0. The minimum Gasteiger partial charge on any atom is -0.496 e. The monoisotopic (exact) mass is 162 g/mol. The molecule has 0 spiro atoms. The molecule has 3 heteroatoms. The van der Waals surface area contributed by atoms with Crippen LogP contribution < -0.4 is 0 Å². The van der Waals surface area contributed by atoms with Crippen molar-refractivity contribution in [2.75, 3.05) is 7.11 Å². The van der Waals surface area contributed by atoms with Crippen LogP contribution in [-0.2, 0) is 4.74 Å². The van der Waals surface area contributed by atoms with E-state index in [2.05, 4.69) is 17.9 Å². The molecule has 0 saturated carbocycles. The Bertz CT molecular complexity index is 184. The second-order valence-corrected chi connectivity index (χ2v) is 1.97. The number of hydrogen-bond acceptors (Lipinski definition) is 1. The topological polar surface area (TPSA) is 9.23 Å². The number of methoxy groups -OCH3 is 1. The molecule has 0 atom stereocenters. The highest BCUT2D eigenvalue weighted by atomic mass is 35.5. The van der Waals surface area contributed by atoms with Gasteiger partial charge in [0.05, 0.1) is 12.1 Å². The summed E-state index contributed by atoms with van der Waals surface area (Å²) >= 11 is 5.46. The Labute approximate surface area is 64.4 Å². The Morgan fingerprint density at radius 2 is 2.10 bits per heavy atom. The van der Waals surface area contributed by atoms with E-state index in [1.807, 2.05) is 0 Å². The first kappa shape index (κ1) is 9.24. The van der Waals surface area contributed by atoms with Crippen molar-refractivity contribution in [1.82, 2.24) is 0 Å². The van der Waals surface area contributed by atoms with Crippen LogP contribution in [0.2, 0.25) is 0 Å². The summed E-state index contributed by atoms with van der Waals surface area (Å²) in [5, 5.41) is 0.120. The summed E-state index contributed by atoms with van der Waals surface area (Å²) in [5.74, 6) is -0.399. The second-order valence-electron chi connectivity index (χ2n) is 1.57. The Balaban J connectivity index is 4.19. The number of hydrogen-bond donors (Lipinski definition) is 0. The summed E-state index contributed by atoms with van der Waals surface area (Å²) < 4.78 is 16.6. The molecule has 0 heterocycles. The lowest BCUT2D eigenvalue weighted by Gasteiger charge is -1.99. The van der Waals surface area contributed by atoms with E-state index in [1.54, 1.807) is 0 Å². The lowest BCUT2D eigenvalue weighted by molar-refractivity contribution is 0.306. The average molecular weight is 163 g/mol. The Morgan fingerprint density at radius 3 is 2.40 bits per heavy atom. The zero-order chi connectivity index (χ0) is 8.15. The summed E-state index contributed by atoms with van der Waals surface area (Å²) in [7, 11) is 1.40. The first-order chi connectivity index (χ1) is 4.57. The summed E-state index contributed by atoms with van der Waals surface area (Å²) in [6.45, 7) is 6.38. The Hall–Kier alpha value is -0.760. The van der Waals surface area contributed by atoms with Gasteiger partial charge in [0.25, 0.3) is 0 Å². The zero-order valence-corrected chi connectivity index (χ0v) is 6.41. The van der Waals surface area contributed by atoms with Gasteiger partial charge in [-0.3, -0.25) is 0 Å². The standard InChI is InChI=1S/C7H8ClFO/c1-5(9)4-7(8)6(2)10-3/h4H,1-2H2,3H3/b7-4+. The first-order valence-corrected chi connectivity index (χ1v) is 2.90. The van der Waals surface area contributed by atoms with Gasteiger partial charge in [-0.05, 0) is 6.08 Å². The van der Waals surface area contributed by atoms with E-state index in [1.165, 1.54) is 7.11 Å². The summed E-state index contributed by atoms with van der Waals surface area (Å²) in [6, 6.07) is 0. The van der Waals surface area contributed by atoms with Crippen LogP contribution >= 0.6 is 11.6 Å². The fourth-order valence-electron chi connectivity index (χ4n) is 0.315. The third kappa shape index (κ3) is 3.30. The van der Waals surface area contributed by atoms with E-state index in [0.29, 0.717) is 0 Å². The van der Waals surface area contributed by atoms with Gasteiger partial charge < -0.3 is 4.74 Å². The van der Waals surface area contributed by atoms with Crippen LogP contribution in [0.4, 0.5) is 4.39 Å². The van der Waals surface area contributed by atoms with Gasteiger partial charge in [-0.2, -0.15) is 0 Å². The molecule has 0 aromatic heterocycles. The number of allylic oxidation sites excluding steroid dienone is 3. The predicted octanol–water partition coefficient (Wildman–Crippen LogP) is 2.75. The lowest BCUT2D eigenvalue weighted by Crippen LogP contribution is -1.83. The second kappa shape index (κ2) is 4.12. The smallest absolute Gasteiger partial charge is 0.130 e. The maximum absolute atomic E-state index is 12.0. The van der Waals surface area contributed by atoms with Gasteiger partial charge in [-0.1, -0.05) is 24.8 Å². The van der Waals surface area contributed by atoms with E-state index in [4.69, 9.17) is 11.6 Å². The van der Waals surface area contributed by atoms with Crippen molar-refractivity contribution < 1.29 is 9.13 Å². The largest absolute Gasteiger partial charge is 0.496 e. The fourth-order valence-corrected chi connectivity index (χ4v) is 0.511. The maximum Gasteiger partial charge on any atom is 0.130 e. The zero-order valence-electron chi connectivity index (χ0n) is 5.66. The molecule has 0 rings (SSSR count). The summed E-state index contributed by atoms with van der Waals surface area (Å²) in [6.07, 6.45) is 1.04. The van der Waals surface area contributed by atoms with Crippen LogP contribution in [0.1, 0.15) is 0 Å². The molecule has 0 aliphatic heterocycles. The molecule has 0 N–H and O–H groups in total. The van der Waals surface area contributed by atoms with Crippen molar-refractivity contribution >= 4 is 11.6 Å². The third-order valence-corrected chi connectivity index (χ3v) is 1.12. The van der Waals surface area contributed by atoms with Gasteiger partial charge in [0, 0.05) is 0 Å². The molecule has 0 bridgehead atoms. The minimum atomic E-state index is -0.622. The number of ether oxygens (including phenoxy) is 1. The van der Waals surface area contributed by atoms with Crippen LogP contribution in [0, 0.1) is 0 Å². The van der Waals surface area contributed by atoms with E-state index < -0.39 is 5.83 Å². The van der Waals surface area contributed by atoms with Crippen LogP contribution in [0.15, 0.2) is 35.9 Å². The normalized spacial score (nSPS) is 10.9. The molecule has 10 heavy (non-hydrogen) atoms. The predicted molar refractivity (Wildman–Crippen MR) is 40.3 cm³/mol. The van der Waals surface area contributed by atoms with Crippen LogP contribution in [-0.4, -0.2) is 7.11 Å². The Kier molecular flexibility index (Phi) is 3.81. The van der Waals surface area contributed by atoms with E-state index in [-0.39, 0.29) is 10.8 Å². The Morgan fingerprint density at radius 1 is 1.60 bits per heavy atom. The molecule has 0 aliphatic rings. The average Bonchev–Trinajstić information content (AvgIpc) is 1.85. The molecule has 0 radical (unpaired) electrons. The highest BCUT2D eigenvalue weighted by molar-refractivity contribution is 6.31. The van der Waals surface area contributed by atoms with E-state index >= 15 is 0 Å². The van der Waals surface area contributed by atoms with Gasteiger partial charge in [0.1, 0.15) is 11.6 Å². The molecule has 0 saturated heterocycles. The van der Waals surface area contributed by atoms with Crippen LogP contribution in [0.25, 0.3) is 0 Å². The molecular weight excluding hydrogens is 155 g/mol. The van der Waals surface area contributed by atoms with E-state index in [0.717, 1.165) is 6.08 Å². The molecule has 0 amide bonds. The van der Waals surface area contributed by atoms with Gasteiger partial charge in [0.2, 0.25) is 0 Å². The summed E-state index contributed by atoms with van der Waals surface area (Å²) in [4.78, 5) is 0. The first-order valence-electron chi connectivity index (χ1n) is 2.52. The van der Waals surface area contributed by atoms with Crippen molar-refractivity contribution in [3.63, 3.8) is 0 Å². The molecule has 0 fully saturated rings. The molecule has 0 aliphatic carbocycles. The van der Waals surface area contributed by atoms with Gasteiger partial charge >= 0.3 is 0 Å². The molecule has 0 aromatic carbocycles. The van der Waals surface area contributed by atoms with Crippen molar-refractivity contribution in [3.8, 4) is 0 Å². The third-order valence-electron chi connectivity index (χ3n) is 0.796. The van der Waals surface area contributed by atoms with Crippen LogP contribution in [0.3, 0.4) is 0 Å². The SMILES string of the molecule is C=C(F)/C=C(/Cl)C(=C)OC. The molecule has 56 valence electrons. The van der Waals surface area contributed by atoms with Gasteiger partial charge in [0.15, 0.2) is 0 Å². The van der Waals surface area contributed by atoms with Crippen molar-refractivity contribution in [2.24, 2.45) is 0 Å². The van der Waals surface area contributed by atoms with E-state index in [9.17, 15) is 4.39 Å². The van der Waals surface area contributed by atoms with Gasteiger partial charge in [-0.15, -0.1) is 0 Å². The highest BCUT2D eigenvalue weighted by Crippen LogP contribution is 2.15. The number of rotatable bonds is 3. The molecular formula is C7H8ClFO. The quantitative estimate of drug-likeness (QED) is 0.458. The molecule has 0 unspecified atom stereocenters. The fraction of sp³-hybridized carbons (Fsp3) is 0.143. The van der Waals surface area contributed by atoms with Crippen LogP contribution in [0.5, 0.6) is 0 Å². The minimum absolute atomic E-state index is 0.120. The van der Waals surface area contributed by atoms with Crippen molar-refractivity contribution in [2.45, 2.75) is 0 Å². The van der Waals surface area contributed by atoms with Crippen molar-refractivity contribution in [3.05, 3.63) is 35.9 Å². The van der Waals surface area contributed by atoms with Gasteiger partial charge in [-0.25, -0.2) is 4.39 Å². The van der Waals surface area contributed by atoms with Crippen molar-refractivity contribution in [1.29, 1.82) is 0 Å². The number of halogens is 2. The highest BCUT2D eigenvalue weighted by Gasteiger charge is 1.97. The summed E-state index contributed by atoms with van der Waals surface area (Å²) in [5.41, 5.74) is 0. The molecule has 0 aromatic rings.